The van der Waals surface area contributed by atoms with Gasteiger partial charge in [0.25, 0.3) is 5.91 Å². The third-order valence-corrected chi connectivity index (χ3v) is 3.39. The standard InChI is InChI=1S/C14H13N5O2/c1-7-15-12(19-18-7)13(20)16-9-4-5-11-10(6-9)17-14(21-11)8-2-3-8/h4-6,8H,2-3H2,1H3,(H,16,20)(H,15,18,19). The fraction of sp³-hybridized carbons (Fsp3) is 0.286. The molecule has 1 fully saturated rings. The number of aromatic nitrogens is 4. The van der Waals surface area contributed by atoms with Crippen molar-refractivity contribution in [1.29, 1.82) is 0 Å². The van der Waals surface area contributed by atoms with Crippen molar-refractivity contribution in [2.75, 3.05) is 5.32 Å². The first kappa shape index (κ1) is 12.1. The van der Waals surface area contributed by atoms with Crippen molar-refractivity contribution >= 4 is 22.7 Å². The fourth-order valence-corrected chi connectivity index (χ4v) is 2.16. The van der Waals surface area contributed by atoms with E-state index in [2.05, 4.69) is 25.5 Å². The second-order valence-electron chi connectivity index (χ2n) is 5.21. The predicted molar refractivity (Wildman–Crippen MR) is 75.1 cm³/mol. The number of nitrogens with zero attached hydrogens (tertiary/aromatic N) is 3. The van der Waals surface area contributed by atoms with Gasteiger partial charge >= 0.3 is 0 Å². The summed E-state index contributed by atoms with van der Waals surface area (Å²) in [5, 5.41) is 9.22. The van der Waals surface area contributed by atoms with Crippen LogP contribution in [0.1, 0.15) is 41.1 Å². The average Bonchev–Trinajstić information content (AvgIpc) is 3.09. The van der Waals surface area contributed by atoms with Crippen LogP contribution in [-0.2, 0) is 0 Å². The minimum Gasteiger partial charge on any atom is -0.440 e. The molecule has 2 heterocycles. The Labute approximate surface area is 119 Å². The molecule has 7 heteroatoms. The lowest BCUT2D eigenvalue weighted by molar-refractivity contribution is 0.101. The molecule has 106 valence electrons. The number of fused-ring (bicyclic) bond motifs is 1. The fourth-order valence-electron chi connectivity index (χ4n) is 2.16. The molecular weight excluding hydrogens is 270 g/mol. The number of rotatable bonds is 3. The van der Waals surface area contributed by atoms with E-state index < -0.39 is 0 Å². The first-order chi connectivity index (χ1) is 10.2. The van der Waals surface area contributed by atoms with E-state index in [4.69, 9.17) is 4.42 Å². The molecule has 2 N–H and O–H groups in total. The van der Waals surface area contributed by atoms with E-state index in [1.807, 2.05) is 6.07 Å². The lowest BCUT2D eigenvalue weighted by Crippen LogP contribution is -2.13. The number of hydrogen-bond donors (Lipinski definition) is 2. The van der Waals surface area contributed by atoms with Gasteiger partial charge in [0.15, 0.2) is 11.5 Å². The number of hydrogen-bond acceptors (Lipinski definition) is 5. The van der Waals surface area contributed by atoms with Crippen LogP contribution in [0.4, 0.5) is 5.69 Å². The first-order valence-electron chi connectivity index (χ1n) is 6.80. The molecular formula is C14H13N5O2. The Hall–Kier alpha value is -2.70. The lowest BCUT2D eigenvalue weighted by atomic mass is 10.3. The van der Waals surface area contributed by atoms with E-state index in [1.165, 1.54) is 0 Å². The van der Waals surface area contributed by atoms with Gasteiger partial charge in [0.05, 0.1) is 0 Å². The molecule has 0 saturated heterocycles. The highest BCUT2D eigenvalue weighted by Crippen LogP contribution is 2.40. The lowest BCUT2D eigenvalue weighted by Gasteiger charge is -2.01. The molecule has 1 aromatic carbocycles. The molecule has 4 rings (SSSR count). The van der Waals surface area contributed by atoms with Crippen LogP contribution in [0.2, 0.25) is 0 Å². The highest BCUT2D eigenvalue weighted by atomic mass is 16.3. The van der Waals surface area contributed by atoms with Gasteiger partial charge in [-0.2, -0.15) is 0 Å². The molecule has 0 unspecified atom stereocenters. The molecule has 1 aliphatic carbocycles. The van der Waals surface area contributed by atoms with Gasteiger partial charge in [-0.3, -0.25) is 9.89 Å². The van der Waals surface area contributed by atoms with E-state index in [1.54, 1.807) is 19.1 Å². The molecule has 0 radical (unpaired) electrons. The number of H-pyrrole nitrogens is 1. The first-order valence-corrected chi connectivity index (χ1v) is 6.80. The summed E-state index contributed by atoms with van der Waals surface area (Å²) in [7, 11) is 0. The van der Waals surface area contributed by atoms with Crippen molar-refractivity contribution in [2.24, 2.45) is 0 Å². The van der Waals surface area contributed by atoms with Crippen molar-refractivity contribution in [2.45, 2.75) is 25.7 Å². The van der Waals surface area contributed by atoms with Gasteiger partial charge in [-0.25, -0.2) is 9.97 Å². The normalized spacial score (nSPS) is 14.5. The Morgan fingerprint density at radius 2 is 2.24 bits per heavy atom. The number of amides is 1. The van der Waals surface area contributed by atoms with Crippen LogP contribution in [-0.4, -0.2) is 26.1 Å². The monoisotopic (exact) mass is 283 g/mol. The van der Waals surface area contributed by atoms with E-state index in [0.717, 1.165) is 29.8 Å². The molecule has 1 aliphatic rings. The minimum atomic E-state index is -0.357. The summed E-state index contributed by atoms with van der Waals surface area (Å²) in [6.07, 6.45) is 2.28. The van der Waals surface area contributed by atoms with Crippen LogP contribution in [0, 0.1) is 6.92 Å². The van der Waals surface area contributed by atoms with Crippen molar-refractivity contribution in [3.05, 3.63) is 35.7 Å². The summed E-state index contributed by atoms with van der Waals surface area (Å²) < 4.78 is 5.69. The van der Waals surface area contributed by atoms with Gasteiger partial charge < -0.3 is 9.73 Å². The Kier molecular flexibility index (Phi) is 2.53. The maximum Gasteiger partial charge on any atom is 0.295 e. The molecule has 1 saturated carbocycles. The van der Waals surface area contributed by atoms with Crippen molar-refractivity contribution in [3.63, 3.8) is 0 Å². The molecule has 7 nitrogen and oxygen atoms in total. The van der Waals surface area contributed by atoms with Gasteiger partial charge in [0, 0.05) is 11.6 Å². The Morgan fingerprint density at radius 1 is 1.38 bits per heavy atom. The van der Waals surface area contributed by atoms with Crippen LogP contribution in [0.5, 0.6) is 0 Å². The van der Waals surface area contributed by atoms with Crippen molar-refractivity contribution in [1.82, 2.24) is 20.2 Å². The summed E-state index contributed by atoms with van der Waals surface area (Å²) in [5.74, 6) is 1.61. The predicted octanol–water partition coefficient (Wildman–Crippen LogP) is 2.38. The summed E-state index contributed by atoms with van der Waals surface area (Å²) in [5.41, 5.74) is 2.13. The zero-order valence-electron chi connectivity index (χ0n) is 11.4. The summed E-state index contributed by atoms with van der Waals surface area (Å²) in [6.45, 7) is 1.74. The molecule has 2 aromatic heterocycles. The van der Waals surface area contributed by atoms with Crippen LogP contribution >= 0.6 is 0 Å². The van der Waals surface area contributed by atoms with Crippen molar-refractivity contribution in [3.8, 4) is 0 Å². The van der Waals surface area contributed by atoms with Gasteiger partial charge in [-0.05, 0) is 38.0 Å². The van der Waals surface area contributed by atoms with Crippen LogP contribution < -0.4 is 5.32 Å². The van der Waals surface area contributed by atoms with E-state index in [9.17, 15) is 4.79 Å². The molecule has 0 aliphatic heterocycles. The highest BCUT2D eigenvalue weighted by Gasteiger charge is 2.28. The number of oxazole rings is 1. The summed E-state index contributed by atoms with van der Waals surface area (Å²) >= 11 is 0. The molecule has 3 aromatic rings. The third-order valence-electron chi connectivity index (χ3n) is 3.39. The zero-order chi connectivity index (χ0) is 14.4. The molecule has 0 spiro atoms. The molecule has 0 atom stereocenters. The molecule has 1 amide bonds. The minimum absolute atomic E-state index is 0.117. The van der Waals surface area contributed by atoms with E-state index >= 15 is 0 Å². The number of carbonyl (C=O) groups is 1. The van der Waals surface area contributed by atoms with E-state index in [0.29, 0.717) is 17.4 Å². The number of anilines is 1. The van der Waals surface area contributed by atoms with Gasteiger partial charge in [0.1, 0.15) is 11.3 Å². The highest BCUT2D eigenvalue weighted by molar-refractivity contribution is 6.02. The second-order valence-corrected chi connectivity index (χ2v) is 5.21. The average molecular weight is 283 g/mol. The van der Waals surface area contributed by atoms with Crippen LogP contribution in [0.25, 0.3) is 11.1 Å². The number of aryl methyl sites for hydroxylation is 1. The van der Waals surface area contributed by atoms with Gasteiger partial charge in [-0.15, -0.1) is 5.10 Å². The van der Waals surface area contributed by atoms with Crippen LogP contribution in [0.3, 0.4) is 0 Å². The summed E-state index contributed by atoms with van der Waals surface area (Å²) in [4.78, 5) is 20.4. The topological polar surface area (TPSA) is 96.7 Å². The third kappa shape index (κ3) is 2.26. The quantitative estimate of drug-likeness (QED) is 0.769. The van der Waals surface area contributed by atoms with Gasteiger partial charge in [0.2, 0.25) is 5.82 Å². The maximum absolute atomic E-state index is 12.0. The zero-order valence-corrected chi connectivity index (χ0v) is 11.4. The Bertz CT molecular complexity index is 831. The maximum atomic E-state index is 12.0. The largest absolute Gasteiger partial charge is 0.440 e. The second kappa shape index (κ2) is 4.41. The molecule has 0 bridgehead atoms. The summed E-state index contributed by atoms with van der Waals surface area (Å²) in [6, 6.07) is 5.39. The SMILES string of the molecule is Cc1nc(C(=O)Nc2ccc3oc(C4CC4)nc3c2)n[nH]1. The van der Waals surface area contributed by atoms with Gasteiger partial charge in [-0.1, -0.05) is 0 Å². The Balaban J connectivity index is 1.59. The molecule has 21 heavy (non-hydrogen) atoms. The van der Waals surface area contributed by atoms with Crippen molar-refractivity contribution < 1.29 is 9.21 Å². The smallest absolute Gasteiger partial charge is 0.295 e. The Morgan fingerprint density at radius 3 is 2.95 bits per heavy atom. The number of aromatic amines is 1. The number of carbonyl (C=O) groups excluding carboxylic acids is 1. The van der Waals surface area contributed by atoms with Crippen LogP contribution in [0.15, 0.2) is 22.6 Å². The van der Waals surface area contributed by atoms with E-state index in [-0.39, 0.29) is 11.7 Å². The number of benzene rings is 1. The number of nitrogens with one attached hydrogen (secondary N) is 2.